The Kier molecular flexibility index (Phi) is 5.70. The number of halogens is 1. The predicted octanol–water partition coefficient (Wildman–Crippen LogP) is 5.58. The second-order valence-corrected chi connectivity index (χ2v) is 9.15. The van der Waals surface area contributed by atoms with E-state index in [-0.39, 0.29) is 12.2 Å². The van der Waals surface area contributed by atoms with E-state index >= 15 is 0 Å². The third-order valence-electron chi connectivity index (χ3n) is 6.26. The lowest BCUT2D eigenvalue weighted by Crippen LogP contribution is -2.41. The first-order chi connectivity index (χ1) is 15.1. The van der Waals surface area contributed by atoms with Crippen molar-refractivity contribution in [2.24, 2.45) is 0 Å². The molecular formula is C27H26ClNO3. The van der Waals surface area contributed by atoms with E-state index in [9.17, 15) is 14.7 Å². The van der Waals surface area contributed by atoms with Gasteiger partial charge in [0.1, 0.15) is 0 Å². The summed E-state index contributed by atoms with van der Waals surface area (Å²) in [5.41, 5.74) is 4.30. The van der Waals surface area contributed by atoms with Crippen LogP contribution in [-0.4, -0.2) is 16.8 Å². The van der Waals surface area contributed by atoms with Gasteiger partial charge in [0.15, 0.2) is 11.4 Å². The number of fused-ring (bicyclic) bond motifs is 1. The van der Waals surface area contributed by atoms with Gasteiger partial charge in [-0.15, -0.1) is 0 Å². The van der Waals surface area contributed by atoms with Crippen LogP contribution in [0.2, 0.25) is 5.02 Å². The Bertz CT molecular complexity index is 1230. The van der Waals surface area contributed by atoms with Crippen molar-refractivity contribution in [3.05, 3.63) is 98.6 Å². The molecule has 32 heavy (non-hydrogen) atoms. The number of nitrogens with zero attached hydrogens (tertiary/aromatic N) is 1. The van der Waals surface area contributed by atoms with Gasteiger partial charge in [-0.05, 0) is 68.1 Å². The molecule has 0 radical (unpaired) electrons. The van der Waals surface area contributed by atoms with Crippen molar-refractivity contribution in [2.75, 3.05) is 4.90 Å². The summed E-state index contributed by atoms with van der Waals surface area (Å²) in [5.74, 6) is -0.770. The van der Waals surface area contributed by atoms with Crippen LogP contribution in [0.1, 0.15) is 50.2 Å². The maximum Gasteiger partial charge on any atom is 0.264 e. The van der Waals surface area contributed by atoms with Crippen molar-refractivity contribution in [3.63, 3.8) is 0 Å². The van der Waals surface area contributed by atoms with E-state index < -0.39 is 11.5 Å². The maximum atomic E-state index is 13.6. The summed E-state index contributed by atoms with van der Waals surface area (Å²) in [6.07, 6.45) is -0.339. The lowest BCUT2D eigenvalue weighted by atomic mass is 9.85. The molecule has 0 aromatic heterocycles. The molecule has 3 aromatic carbocycles. The molecule has 0 saturated heterocycles. The smallest absolute Gasteiger partial charge is 0.264 e. The summed E-state index contributed by atoms with van der Waals surface area (Å²) in [5, 5.41) is 12.1. The van der Waals surface area contributed by atoms with Crippen LogP contribution in [0.3, 0.4) is 0 Å². The zero-order valence-corrected chi connectivity index (χ0v) is 19.5. The molecule has 1 aliphatic rings. The monoisotopic (exact) mass is 447 g/mol. The van der Waals surface area contributed by atoms with Crippen molar-refractivity contribution < 1.29 is 14.7 Å². The second kappa shape index (κ2) is 8.19. The second-order valence-electron chi connectivity index (χ2n) is 8.71. The number of rotatable bonds is 5. The number of benzene rings is 3. The third-order valence-corrected chi connectivity index (χ3v) is 6.49. The fraction of sp³-hybridized carbons (Fsp3) is 0.259. The molecule has 0 bridgehead atoms. The fourth-order valence-electron chi connectivity index (χ4n) is 4.75. The van der Waals surface area contributed by atoms with Crippen molar-refractivity contribution in [1.29, 1.82) is 0 Å². The van der Waals surface area contributed by atoms with Gasteiger partial charge in [-0.1, -0.05) is 53.6 Å². The number of hydrogen-bond donors (Lipinski definition) is 1. The lowest BCUT2D eigenvalue weighted by molar-refractivity contribution is -0.136. The standard InChI is InChI=1S/C27H26ClNO3/c1-16-11-18(3)25(19(4)12-16)24(30)14-27(32)22-13-21(28)9-10-23(22)29(26(27)31)15-20-8-6-5-7-17(20)2/h5-13,32H,14-15H2,1-4H3/t27-/m1/s1. The molecule has 1 amide bonds. The molecule has 5 heteroatoms. The SMILES string of the molecule is Cc1cc(C)c(C(=O)C[C@]2(O)C(=O)N(Cc3ccccc3C)c3ccc(Cl)cc32)c(C)c1. The highest BCUT2D eigenvalue weighted by molar-refractivity contribution is 6.31. The topological polar surface area (TPSA) is 57.6 Å². The number of hydrogen-bond acceptors (Lipinski definition) is 3. The molecule has 0 aliphatic carbocycles. The zero-order chi connectivity index (χ0) is 23.2. The van der Waals surface area contributed by atoms with Gasteiger partial charge < -0.3 is 10.0 Å². The number of Topliss-reactive ketones (excluding diaryl/α,β-unsaturated/α-hetero) is 1. The molecular weight excluding hydrogens is 422 g/mol. The Hall–Kier alpha value is -2.95. The summed E-state index contributed by atoms with van der Waals surface area (Å²) in [6.45, 7) is 8.02. The van der Waals surface area contributed by atoms with Gasteiger partial charge in [0.05, 0.1) is 18.7 Å². The van der Waals surface area contributed by atoms with E-state index in [1.165, 1.54) is 0 Å². The van der Waals surface area contributed by atoms with Crippen LogP contribution in [0.25, 0.3) is 0 Å². The number of aliphatic hydroxyl groups is 1. The third kappa shape index (κ3) is 3.74. The molecule has 4 rings (SSSR count). The minimum absolute atomic E-state index is 0.264. The van der Waals surface area contributed by atoms with Crippen LogP contribution < -0.4 is 4.90 Å². The Balaban J connectivity index is 1.75. The van der Waals surface area contributed by atoms with E-state index in [2.05, 4.69) is 0 Å². The molecule has 3 aromatic rings. The number of aryl methyl sites for hydroxylation is 4. The van der Waals surface area contributed by atoms with Gasteiger partial charge >= 0.3 is 0 Å². The molecule has 0 spiro atoms. The summed E-state index contributed by atoms with van der Waals surface area (Å²) in [7, 11) is 0. The first-order valence-corrected chi connectivity index (χ1v) is 11.0. The van der Waals surface area contributed by atoms with Gasteiger partial charge in [-0.2, -0.15) is 0 Å². The molecule has 1 atom stereocenters. The van der Waals surface area contributed by atoms with Crippen molar-refractivity contribution in [1.82, 2.24) is 0 Å². The zero-order valence-electron chi connectivity index (χ0n) is 18.7. The highest BCUT2D eigenvalue weighted by Crippen LogP contribution is 2.45. The number of ketones is 1. The van der Waals surface area contributed by atoms with Gasteiger partial charge in [0.2, 0.25) is 0 Å². The largest absolute Gasteiger partial charge is 0.375 e. The first-order valence-electron chi connectivity index (χ1n) is 10.6. The highest BCUT2D eigenvalue weighted by Gasteiger charge is 2.51. The normalized spacial score (nSPS) is 17.6. The van der Waals surface area contributed by atoms with Crippen LogP contribution in [0.4, 0.5) is 5.69 Å². The summed E-state index contributed by atoms with van der Waals surface area (Å²) >= 11 is 6.23. The van der Waals surface area contributed by atoms with Gasteiger partial charge in [0.25, 0.3) is 5.91 Å². The lowest BCUT2D eigenvalue weighted by Gasteiger charge is -2.24. The molecule has 1 heterocycles. The quantitative estimate of drug-likeness (QED) is 0.519. The molecule has 4 nitrogen and oxygen atoms in total. The Morgan fingerprint density at radius 3 is 2.28 bits per heavy atom. The van der Waals surface area contributed by atoms with Crippen molar-refractivity contribution in [2.45, 2.75) is 46.3 Å². The Morgan fingerprint density at radius 2 is 1.62 bits per heavy atom. The maximum absolute atomic E-state index is 13.6. The van der Waals surface area contributed by atoms with Crippen LogP contribution in [0, 0.1) is 27.7 Å². The van der Waals surface area contributed by atoms with Crippen LogP contribution in [0.15, 0.2) is 54.6 Å². The van der Waals surface area contributed by atoms with E-state index in [1.54, 1.807) is 23.1 Å². The van der Waals surface area contributed by atoms with Gasteiger partial charge in [0, 0.05) is 16.1 Å². The fourth-order valence-corrected chi connectivity index (χ4v) is 4.92. The van der Waals surface area contributed by atoms with Gasteiger partial charge in [-0.3, -0.25) is 9.59 Å². The van der Waals surface area contributed by atoms with E-state index in [0.717, 1.165) is 27.8 Å². The van der Waals surface area contributed by atoms with E-state index in [1.807, 2.05) is 64.1 Å². The van der Waals surface area contributed by atoms with E-state index in [0.29, 0.717) is 28.4 Å². The van der Waals surface area contributed by atoms with E-state index in [4.69, 9.17) is 11.6 Å². The molecule has 1 N–H and O–H groups in total. The predicted molar refractivity (Wildman–Crippen MR) is 127 cm³/mol. The van der Waals surface area contributed by atoms with Crippen LogP contribution in [0.5, 0.6) is 0 Å². The van der Waals surface area contributed by atoms with Crippen LogP contribution >= 0.6 is 11.6 Å². The summed E-state index contributed by atoms with van der Waals surface area (Å²) in [6, 6.07) is 16.7. The van der Waals surface area contributed by atoms with Crippen LogP contribution in [-0.2, 0) is 16.9 Å². The average Bonchev–Trinajstić information content (AvgIpc) is 2.90. The molecule has 1 aliphatic heterocycles. The highest BCUT2D eigenvalue weighted by atomic mass is 35.5. The minimum atomic E-state index is -1.97. The number of anilines is 1. The number of carbonyl (C=O) groups excluding carboxylic acids is 2. The molecule has 0 fully saturated rings. The average molecular weight is 448 g/mol. The summed E-state index contributed by atoms with van der Waals surface area (Å²) < 4.78 is 0. The Labute approximate surface area is 193 Å². The first kappa shape index (κ1) is 22.3. The Morgan fingerprint density at radius 1 is 0.969 bits per heavy atom. The molecule has 0 saturated carbocycles. The number of carbonyl (C=O) groups is 2. The van der Waals surface area contributed by atoms with Gasteiger partial charge in [-0.25, -0.2) is 0 Å². The minimum Gasteiger partial charge on any atom is -0.375 e. The molecule has 0 unspecified atom stereocenters. The molecule has 164 valence electrons. The summed E-state index contributed by atoms with van der Waals surface area (Å²) in [4.78, 5) is 28.5. The van der Waals surface area contributed by atoms with Crippen molar-refractivity contribution in [3.8, 4) is 0 Å². The van der Waals surface area contributed by atoms with Crippen molar-refractivity contribution >= 4 is 29.0 Å². The number of amides is 1.